The van der Waals surface area contributed by atoms with Crippen molar-refractivity contribution in [2.45, 2.75) is 9.10 Å². The smallest absolute Gasteiger partial charge is 0.271 e. The standard InChI is InChI=1S/C11H10BrNO4S3/c1-19(14,15)9-4-2-8(3-5-9)13-20(16,17)11-7-6-10(12)18-11/h2-7,13H,1H3. The quantitative estimate of drug-likeness (QED) is 0.862. The molecule has 0 saturated carbocycles. The first-order valence-corrected chi connectivity index (χ1v) is 10.3. The summed E-state index contributed by atoms with van der Waals surface area (Å²) in [7, 11) is -6.95. The molecular formula is C11H10BrNO4S3. The number of anilines is 1. The van der Waals surface area contributed by atoms with E-state index in [2.05, 4.69) is 20.7 Å². The minimum atomic E-state index is -3.65. The molecule has 108 valence electrons. The van der Waals surface area contributed by atoms with Crippen molar-refractivity contribution >= 4 is 52.8 Å². The van der Waals surface area contributed by atoms with Crippen LogP contribution >= 0.6 is 27.3 Å². The number of rotatable bonds is 4. The van der Waals surface area contributed by atoms with Crippen LogP contribution in [0.5, 0.6) is 0 Å². The molecular weight excluding hydrogens is 386 g/mol. The van der Waals surface area contributed by atoms with E-state index in [0.29, 0.717) is 9.47 Å². The molecule has 0 aliphatic rings. The summed E-state index contributed by atoms with van der Waals surface area (Å²) >= 11 is 4.29. The Bertz CT molecular complexity index is 823. The zero-order chi connectivity index (χ0) is 15.0. The molecule has 9 heteroatoms. The summed E-state index contributed by atoms with van der Waals surface area (Å²) in [6.45, 7) is 0. The Kier molecular flexibility index (Phi) is 4.24. The van der Waals surface area contributed by atoms with Crippen molar-refractivity contribution in [3.63, 3.8) is 0 Å². The van der Waals surface area contributed by atoms with Crippen LogP contribution in [-0.2, 0) is 19.9 Å². The number of benzene rings is 1. The molecule has 0 spiro atoms. The Morgan fingerprint density at radius 1 is 1.00 bits per heavy atom. The predicted octanol–water partition coefficient (Wildman–Crippen LogP) is 2.71. The highest BCUT2D eigenvalue weighted by molar-refractivity contribution is 9.11. The third-order valence-electron chi connectivity index (χ3n) is 2.35. The number of halogens is 1. The van der Waals surface area contributed by atoms with Gasteiger partial charge in [0, 0.05) is 11.9 Å². The summed E-state index contributed by atoms with van der Waals surface area (Å²) in [5, 5.41) is 0. The van der Waals surface area contributed by atoms with Gasteiger partial charge in [0.15, 0.2) is 9.84 Å². The molecule has 0 atom stereocenters. The fraction of sp³-hybridized carbons (Fsp3) is 0.0909. The van der Waals surface area contributed by atoms with Gasteiger partial charge in [0.25, 0.3) is 10.0 Å². The second kappa shape index (κ2) is 5.47. The van der Waals surface area contributed by atoms with Crippen LogP contribution in [0.3, 0.4) is 0 Å². The second-order valence-corrected chi connectivity index (χ2v) is 10.3. The number of hydrogen-bond acceptors (Lipinski definition) is 5. The Hall–Kier alpha value is -0.900. The second-order valence-electron chi connectivity index (χ2n) is 3.96. The van der Waals surface area contributed by atoms with E-state index in [4.69, 9.17) is 0 Å². The summed E-state index contributed by atoms with van der Waals surface area (Å²) in [5.74, 6) is 0. The van der Waals surface area contributed by atoms with Crippen molar-refractivity contribution in [1.29, 1.82) is 0 Å². The van der Waals surface area contributed by atoms with Crippen LogP contribution < -0.4 is 4.72 Å². The molecule has 0 unspecified atom stereocenters. The fourth-order valence-electron chi connectivity index (χ4n) is 1.42. The zero-order valence-corrected chi connectivity index (χ0v) is 14.2. The van der Waals surface area contributed by atoms with Crippen molar-refractivity contribution < 1.29 is 16.8 Å². The summed E-state index contributed by atoms with van der Waals surface area (Å²) < 4.78 is 50.0. The summed E-state index contributed by atoms with van der Waals surface area (Å²) in [6, 6.07) is 8.68. The Labute approximate surface area is 129 Å². The number of sulfone groups is 1. The summed E-state index contributed by atoms with van der Waals surface area (Å²) in [4.78, 5) is 0.138. The Morgan fingerprint density at radius 3 is 2.05 bits per heavy atom. The highest BCUT2D eigenvalue weighted by Crippen LogP contribution is 2.27. The number of thiophene rings is 1. The molecule has 20 heavy (non-hydrogen) atoms. The van der Waals surface area contributed by atoms with Crippen LogP contribution in [0.25, 0.3) is 0 Å². The van der Waals surface area contributed by atoms with Crippen LogP contribution in [0.2, 0.25) is 0 Å². The van der Waals surface area contributed by atoms with Gasteiger partial charge in [-0.25, -0.2) is 16.8 Å². The molecule has 0 fully saturated rings. The lowest BCUT2D eigenvalue weighted by Crippen LogP contribution is -2.11. The van der Waals surface area contributed by atoms with Gasteiger partial charge < -0.3 is 0 Å². The molecule has 2 aromatic rings. The molecule has 0 radical (unpaired) electrons. The molecule has 0 aliphatic heterocycles. The maximum absolute atomic E-state index is 12.1. The van der Waals surface area contributed by atoms with Gasteiger partial charge in [-0.2, -0.15) is 0 Å². The Balaban J connectivity index is 2.26. The van der Waals surface area contributed by atoms with Crippen LogP contribution in [0.15, 0.2) is 49.3 Å². The first-order valence-electron chi connectivity index (χ1n) is 5.27. The number of hydrogen-bond donors (Lipinski definition) is 1. The topological polar surface area (TPSA) is 80.3 Å². The van der Waals surface area contributed by atoms with Crippen molar-refractivity contribution in [1.82, 2.24) is 0 Å². The Morgan fingerprint density at radius 2 is 1.60 bits per heavy atom. The van der Waals surface area contributed by atoms with Crippen LogP contribution in [0.1, 0.15) is 0 Å². The van der Waals surface area contributed by atoms with E-state index in [9.17, 15) is 16.8 Å². The van der Waals surface area contributed by atoms with E-state index in [1.54, 1.807) is 6.07 Å². The van der Waals surface area contributed by atoms with E-state index in [-0.39, 0.29) is 9.10 Å². The van der Waals surface area contributed by atoms with Crippen molar-refractivity contribution in [3.05, 3.63) is 40.2 Å². The van der Waals surface area contributed by atoms with Crippen LogP contribution in [0, 0.1) is 0 Å². The lowest BCUT2D eigenvalue weighted by atomic mass is 10.3. The first kappa shape index (κ1) is 15.5. The van der Waals surface area contributed by atoms with E-state index in [1.165, 1.54) is 30.3 Å². The van der Waals surface area contributed by atoms with Crippen LogP contribution in [0.4, 0.5) is 5.69 Å². The molecule has 2 rings (SSSR count). The molecule has 0 saturated heterocycles. The van der Waals surface area contributed by atoms with Crippen molar-refractivity contribution in [2.24, 2.45) is 0 Å². The first-order chi connectivity index (χ1) is 9.18. The van der Waals surface area contributed by atoms with E-state index in [0.717, 1.165) is 17.6 Å². The lowest BCUT2D eigenvalue weighted by molar-refractivity contribution is 0.601. The van der Waals surface area contributed by atoms with Gasteiger partial charge in [0.1, 0.15) is 4.21 Å². The molecule has 0 bridgehead atoms. The maximum atomic E-state index is 12.1. The molecule has 0 amide bonds. The average Bonchev–Trinajstić information content (AvgIpc) is 2.76. The summed E-state index contributed by atoms with van der Waals surface area (Å²) in [5.41, 5.74) is 0.307. The summed E-state index contributed by atoms with van der Waals surface area (Å²) in [6.07, 6.45) is 1.09. The van der Waals surface area contributed by atoms with Crippen molar-refractivity contribution in [2.75, 3.05) is 11.0 Å². The number of nitrogens with one attached hydrogen (secondary N) is 1. The van der Waals surface area contributed by atoms with E-state index < -0.39 is 19.9 Å². The van der Waals surface area contributed by atoms with Crippen LogP contribution in [-0.4, -0.2) is 23.1 Å². The van der Waals surface area contributed by atoms with E-state index in [1.807, 2.05) is 0 Å². The minimum Gasteiger partial charge on any atom is -0.279 e. The lowest BCUT2D eigenvalue weighted by Gasteiger charge is -2.06. The maximum Gasteiger partial charge on any atom is 0.271 e. The van der Waals surface area contributed by atoms with E-state index >= 15 is 0 Å². The third-order valence-corrected chi connectivity index (χ3v) is 6.97. The third kappa shape index (κ3) is 3.60. The van der Waals surface area contributed by atoms with Gasteiger partial charge in [-0.15, -0.1) is 11.3 Å². The monoisotopic (exact) mass is 395 g/mol. The van der Waals surface area contributed by atoms with Gasteiger partial charge in [0.2, 0.25) is 0 Å². The van der Waals surface area contributed by atoms with Gasteiger partial charge >= 0.3 is 0 Å². The SMILES string of the molecule is CS(=O)(=O)c1ccc(NS(=O)(=O)c2ccc(Br)s2)cc1. The molecule has 0 aliphatic carbocycles. The predicted molar refractivity (Wildman–Crippen MR) is 82.4 cm³/mol. The van der Waals surface area contributed by atoms with Gasteiger partial charge in [0.05, 0.1) is 8.68 Å². The molecule has 1 N–H and O–H groups in total. The fourth-order valence-corrected chi connectivity index (χ4v) is 5.12. The van der Waals surface area contributed by atoms with Crippen molar-refractivity contribution in [3.8, 4) is 0 Å². The molecule has 1 aromatic carbocycles. The molecule has 1 heterocycles. The molecule has 5 nitrogen and oxygen atoms in total. The van der Waals surface area contributed by atoms with Gasteiger partial charge in [-0.05, 0) is 52.3 Å². The largest absolute Gasteiger partial charge is 0.279 e. The van der Waals surface area contributed by atoms with Gasteiger partial charge in [-0.1, -0.05) is 0 Å². The minimum absolute atomic E-state index is 0.138. The highest BCUT2D eigenvalue weighted by Gasteiger charge is 2.17. The molecule has 1 aromatic heterocycles. The number of sulfonamides is 1. The average molecular weight is 396 g/mol. The normalized spacial score (nSPS) is 12.3. The van der Waals surface area contributed by atoms with Gasteiger partial charge in [-0.3, -0.25) is 4.72 Å². The zero-order valence-electron chi connectivity index (χ0n) is 10.2. The highest BCUT2D eigenvalue weighted by atomic mass is 79.9.